The van der Waals surface area contributed by atoms with Gasteiger partial charge in [-0.15, -0.1) is 0 Å². The van der Waals surface area contributed by atoms with Gasteiger partial charge in [0.15, 0.2) is 0 Å². The van der Waals surface area contributed by atoms with Gasteiger partial charge in [-0.3, -0.25) is 9.59 Å². The SMILES string of the molecule is O=C(c1cnsc1)N1CCC(C(=O)N2N=CCC2c2ccccc2)CC1. The van der Waals surface area contributed by atoms with Crippen LogP contribution < -0.4 is 0 Å². The summed E-state index contributed by atoms with van der Waals surface area (Å²) in [6, 6.07) is 10.0. The molecular formula is C19H20N4O2S. The van der Waals surface area contributed by atoms with Crippen LogP contribution in [0.3, 0.4) is 0 Å². The van der Waals surface area contributed by atoms with Crippen LogP contribution in [0, 0.1) is 5.92 Å². The van der Waals surface area contributed by atoms with Gasteiger partial charge in [0.25, 0.3) is 5.91 Å². The molecule has 3 heterocycles. The van der Waals surface area contributed by atoms with Gasteiger partial charge in [0, 0.05) is 37.0 Å². The molecule has 0 N–H and O–H groups in total. The Hall–Kier alpha value is -2.54. The summed E-state index contributed by atoms with van der Waals surface area (Å²) in [7, 11) is 0. The second-order valence-electron chi connectivity index (χ2n) is 6.62. The molecule has 2 aliphatic heterocycles. The lowest BCUT2D eigenvalue weighted by molar-refractivity contribution is -0.138. The lowest BCUT2D eigenvalue weighted by Crippen LogP contribution is -2.43. The minimum atomic E-state index is -0.0823. The molecule has 4 rings (SSSR count). The molecule has 0 bridgehead atoms. The molecule has 2 aromatic rings. The molecule has 0 spiro atoms. The van der Waals surface area contributed by atoms with Crippen molar-refractivity contribution in [3.8, 4) is 0 Å². The average Bonchev–Trinajstić information content (AvgIpc) is 3.39. The first-order chi connectivity index (χ1) is 12.7. The van der Waals surface area contributed by atoms with Crippen LogP contribution in [0.2, 0.25) is 0 Å². The van der Waals surface area contributed by atoms with Gasteiger partial charge in [-0.25, -0.2) is 9.38 Å². The van der Waals surface area contributed by atoms with Crippen LogP contribution in [0.15, 0.2) is 47.0 Å². The summed E-state index contributed by atoms with van der Waals surface area (Å²) in [5.74, 6) is -0.0102. The summed E-state index contributed by atoms with van der Waals surface area (Å²) in [5, 5.41) is 7.74. The predicted octanol–water partition coefficient (Wildman–Crippen LogP) is 2.95. The molecule has 1 unspecified atom stereocenters. The number of hydrogen-bond acceptors (Lipinski definition) is 5. The monoisotopic (exact) mass is 368 g/mol. The van der Waals surface area contributed by atoms with E-state index in [1.54, 1.807) is 16.6 Å². The molecule has 134 valence electrons. The fourth-order valence-electron chi connectivity index (χ4n) is 3.59. The maximum Gasteiger partial charge on any atom is 0.256 e. The topological polar surface area (TPSA) is 65.9 Å². The molecule has 7 heteroatoms. The van der Waals surface area contributed by atoms with Crippen LogP contribution in [-0.4, -0.2) is 45.4 Å². The van der Waals surface area contributed by atoms with Gasteiger partial charge in [-0.2, -0.15) is 5.10 Å². The molecular weight excluding hydrogens is 348 g/mol. The number of hydrazone groups is 1. The Morgan fingerprint density at radius 3 is 2.58 bits per heavy atom. The standard InChI is InChI=1S/C19H20N4O2S/c24-18(16-12-21-26-13-16)22-10-7-15(8-11-22)19(25)23-17(6-9-20-23)14-4-2-1-3-5-14/h1-5,9,12-13,15,17H,6-8,10-11H2. The van der Waals surface area contributed by atoms with Crippen molar-refractivity contribution in [3.05, 3.63) is 53.0 Å². The first kappa shape index (κ1) is 16.9. The molecule has 1 aromatic carbocycles. The third-order valence-electron chi connectivity index (χ3n) is 5.05. The Kier molecular flexibility index (Phi) is 4.79. The van der Waals surface area contributed by atoms with E-state index in [2.05, 4.69) is 9.47 Å². The second kappa shape index (κ2) is 7.37. The van der Waals surface area contributed by atoms with Crippen molar-refractivity contribution in [1.82, 2.24) is 14.3 Å². The van der Waals surface area contributed by atoms with Gasteiger partial charge < -0.3 is 4.90 Å². The van der Waals surface area contributed by atoms with Crippen molar-refractivity contribution in [1.29, 1.82) is 0 Å². The predicted molar refractivity (Wildman–Crippen MR) is 99.9 cm³/mol. The quantitative estimate of drug-likeness (QED) is 0.837. The van der Waals surface area contributed by atoms with Gasteiger partial charge in [-0.1, -0.05) is 30.3 Å². The minimum Gasteiger partial charge on any atom is -0.339 e. The van der Waals surface area contributed by atoms with E-state index < -0.39 is 0 Å². The molecule has 2 amide bonds. The molecule has 1 atom stereocenters. The van der Waals surface area contributed by atoms with E-state index in [9.17, 15) is 9.59 Å². The number of amides is 2. The van der Waals surface area contributed by atoms with Gasteiger partial charge in [0.05, 0.1) is 17.8 Å². The Morgan fingerprint density at radius 2 is 1.88 bits per heavy atom. The number of hydrogen-bond donors (Lipinski definition) is 0. The smallest absolute Gasteiger partial charge is 0.256 e. The molecule has 1 aromatic heterocycles. The van der Waals surface area contributed by atoms with Crippen molar-refractivity contribution < 1.29 is 9.59 Å². The van der Waals surface area contributed by atoms with Gasteiger partial charge in [0.1, 0.15) is 0 Å². The first-order valence-electron chi connectivity index (χ1n) is 8.83. The number of benzene rings is 1. The van der Waals surface area contributed by atoms with E-state index in [4.69, 9.17) is 0 Å². The summed E-state index contributed by atoms with van der Waals surface area (Å²) in [4.78, 5) is 27.2. The van der Waals surface area contributed by atoms with Crippen molar-refractivity contribution in [3.63, 3.8) is 0 Å². The zero-order valence-electron chi connectivity index (χ0n) is 14.3. The van der Waals surface area contributed by atoms with Crippen LogP contribution in [0.25, 0.3) is 0 Å². The Bertz CT molecular complexity index is 798. The lowest BCUT2D eigenvalue weighted by Gasteiger charge is -2.33. The largest absolute Gasteiger partial charge is 0.339 e. The zero-order chi connectivity index (χ0) is 17.9. The fraction of sp³-hybridized carbons (Fsp3) is 0.368. The maximum atomic E-state index is 13.0. The van der Waals surface area contributed by atoms with Crippen LogP contribution >= 0.6 is 11.5 Å². The van der Waals surface area contributed by atoms with Crippen molar-refractivity contribution >= 4 is 29.6 Å². The average molecular weight is 368 g/mol. The first-order valence-corrected chi connectivity index (χ1v) is 9.67. The number of likely N-dealkylation sites (tertiary alicyclic amines) is 1. The summed E-state index contributed by atoms with van der Waals surface area (Å²) >= 11 is 1.28. The van der Waals surface area contributed by atoms with Gasteiger partial charge >= 0.3 is 0 Å². The molecule has 0 saturated carbocycles. The number of nitrogens with zero attached hydrogens (tertiary/aromatic N) is 4. The lowest BCUT2D eigenvalue weighted by atomic mass is 9.94. The van der Waals surface area contributed by atoms with E-state index >= 15 is 0 Å². The van der Waals surface area contributed by atoms with E-state index in [-0.39, 0.29) is 23.8 Å². The van der Waals surface area contributed by atoms with Crippen LogP contribution in [0.1, 0.15) is 41.2 Å². The highest BCUT2D eigenvalue weighted by atomic mass is 32.1. The van der Waals surface area contributed by atoms with Crippen LogP contribution in [-0.2, 0) is 4.79 Å². The van der Waals surface area contributed by atoms with Crippen molar-refractivity contribution in [2.45, 2.75) is 25.3 Å². The fourth-order valence-corrected chi connectivity index (χ4v) is 4.10. The summed E-state index contributed by atoms with van der Waals surface area (Å²) in [6.45, 7) is 1.19. The van der Waals surface area contributed by atoms with E-state index in [1.165, 1.54) is 11.5 Å². The molecule has 26 heavy (non-hydrogen) atoms. The second-order valence-corrected chi connectivity index (χ2v) is 7.28. The van der Waals surface area contributed by atoms with Gasteiger partial charge in [-0.05, 0) is 29.9 Å². The molecule has 1 fully saturated rings. The van der Waals surface area contributed by atoms with Crippen molar-refractivity contribution in [2.24, 2.45) is 11.0 Å². The highest BCUT2D eigenvalue weighted by molar-refractivity contribution is 7.03. The molecule has 0 radical (unpaired) electrons. The number of rotatable bonds is 3. The molecule has 6 nitrogen and oxygen atoms in total. The summed E-state index contributed by atoms with van der Waals surface area (Å²) in [6.07, 6.45) is 5.52. The number of piperidine rings is 1. The maximum absolute atomic E-state index is 13.0. The normalized spacial score (nSPS) is 20.5. The van der Waals surface area contributed by atoms with Crippen LogP contribution in [0.5, 0.6) is 0 Å². The summed E-state index contributed by atoms with van der Waals surface area (Å²) < 4.78 is 3.99. The van der Waals surface area contributed by atoms with E-state index in [0.717, 1.165) is 12.0 Å². The van der Waals surface area contributed by atoms with Gasteiger partial charge in [0.2, 0.25) is 5.91 Å². The molecule has 1 saturated heterocycles. The minimum absolute atomic E-state index is 0.00556. The Labute approximate surface area is 156 Å². The van der Waals surface area contributed by atoms with Crippen molar-refractivity contribution in [2.75, 3.05) is 13.1 Å². The molecule has 0 aliphatic carbocycles. The zero-order valence-corrected chi connectivity index (χ0v) is 15.1. The Morgan fingerprint density at radius 1 is 1.12 bits per heavy atom. The highest BCUT2D eigenvalue weighted by Gasteiger charge is 2.35. The Balaban J connectivity index is 1.39. The third-order valence-corrected chi connectivity index (χ3v) is 5.64. The third kappa shape index (κ3) is 3.26. The van der Waals surface area contributed by atoms with E-state index in [0.29, 0.717) is 31.5 Å². The van der Waals surface area contributed by atoms with Crippen LogP contribution in [0.4, 0.5) is 0 Å². The molecule has 2 aliphatic rings. The number of carbonyl (C=O) groups is 2. The summed E-state index contributed by atoms with van der Waals surface area (Å²) in [5.41, 5.74) is 1.74. The highest BCUT2D eigenvalue weighted by Crippen LogP contribution is 2.31. The number of aromatic nitrogens is 1. The van der Waals surface area contributed by atoms with E-state index in [1.807, 2.05) is 41.4 Å². The number of carbonyl (C=O) groups excluding carboxylic acids is 2.